The summed E-state index contributed by atoms with van der Waals surface area (Å²) in [7, 11) is -0.466. The van der Waals surface area contributed by atoms with E-state index in [-0.39, 0.29) is 11.1 Å². The molecule has 1 N–H and O–H groups in total. The summed E-state index contributed by atoms with van der Waals surface area (Å²) in [5, 5.41) is 9.89. The Bertz CT molecular complexity index is 542. The lowest BCUT2D eigenvalue weighted by Gasteiger charge is -2.42. The number of hydrogen-bond donors (Lipinski definition) is 1. The third kappa shape index (κ3) is 6.48. The Morgan fingerprint density at radius 2 is 1.57 bits per heavy atom. The highest BCUT2D eigenvalue weighted by Crippen LogP contribution is 2.40. The molecular weight excluding hydrogens is 374 g/mol. The second kappa shape index (κ2) is 9.16. The van der Waals surface area contributed by atoms with Gasteiger partial charge >= 0.3 is 12.1 Å². The highest BCUT2D eigenvalue weighted by molar-refractivity contribution is 6.74. The van der Waals surface area contributed by atoms with E-state index >= 15 is 0 Å². The molecule has 1 amide bonds. The maximum Gasteiger partial charge on any atom is 0.408 e. The van der Waals surface area contributed by atoms with Gasteiger partial charge in [0, 0.05) is 11.6 Å². The first-order valence-corrected chi connectivity index (χ1v) is 13.3. The summed E-state index contributed by atoms with van der Waals surface area (Å²) in [6.45, 7) is 16.7. The Morgan fingerprint density at radius 3 is 1.93 bits per heavy atom. The predicted molar refractivity (Wildman–Crippen MR) is 114 cm³/mol. The summed E-state index contributed by atoms with van der Waals surface area (Å²) in [5.74, 6) is -0.176. The molecule has 0 aromatic heterocycles. The summed E-state index contributed by atoms with van der Waals surface area (Å²) >= 11 is 0. The van der Waals surface area contributed by atoms with Gasteiger partial charge in [-0.3, -0.25) is 4.90 Å². The molecule has 164 valence electrons. The van der Waals surface area contributed by atoms with Crippen LogP contribution in [0.5, 0.6) is 0 Å². The molecule has 0 unspecified atom stereocenters. The Labute approximate surface area is 172 Å². The monoisotopic (exact) mass is 415 g/mol. The van der Waals surface area contributed by atoms with Crippen molar-refractivity contribution in [3.8, 4) is 0 Å². The van der Waals surface area contributed by atoms with Gasteiger partial charge < -0.3 is 14.3 Å². The van der Waals surface area contributed by atoms with Crippen LogP contribution in [-0.4, -0.2) is 55.2 Å². The number of methoxy groups -OCH3 is 1. The van der Waals surface area contributed by atoms with Crippen LogP contribution in [0.25, 0.3) is 0 Å². The van der Waals surface area contributed by atoms with Gasteiger partial charge in [-0.2, -0.15) is 0 Å². The summed E-state index contributed by atoms with van der Waals surface area (Å²) < 4.78 is 11.5. The lowest BCUT2D eigenvalue weighted by molar-refractivity contribution is -0.149. The normalized spacial score (nSPS) is 22.5. The molecule has 1 aliphatic rings. The maximum atomic E-state index is 12.4. The van der Waals surface area contributed by atoms with Crippen LogP contribution < -0.4 is 0 Å². The fourth-order valence-corrected chi connectivity index (χ4v) is 5.15. The van der Waals surface area contributed by atoms with E-state index in [0.29, 0.717) is 12.3 Å². The van der Waals surface area contributed by atoms with Crippen LogP contribution in [0.1, 0.15) is 73.6 Å². The third-order valence-electron chi connectivity index (χ3n) is 6.33. The van der Waals surface area contributed by atoms with Gasteiger partial charge in [0.15, 0.2) is 8.32 Å². The van der Waals surface area contributed by atoms with E-state index in [1.54, 1.807) is 20.8 Å². The predicted octanol–water partition coefficient (Wildman–Crippen LogP) is 5.28. The first-order chi connectivity index (χ1) is 12.6. The van der Waals surface area contributed by atoms with E-state index in [4.69, 9.17) is 9.16 Å². The van der Waals surface area contributed by atoms with Gasteiger partial charge in [-0.1, -0.05) is 20.8 Å². The van der Waals surface area contributed by atoms with Crippen molar-refractivity contribution >= 4 is 20.4 Å². The molecule has 1 aliphatic carbocycles. The van der Waals surface area contributed by atoms with Gasteiger partial charge in [0.25, 0.3) is 0 Å². The molecule has 1 saturated carbocycles. The lowest BCUT2D eigenvalue weighted by Crippen LogP contribution is -2.55. The van der Waals surface area contributed by atoms with E-state index in [1.165, 1.54) is 12.0 Å². The molecule has 0 aliphatic heterocycles. The summed E-state index contributed by atoms with van der Waals surface area (Å²) in [6, 6.07) is -0.773. The fraction of sp³-hybridized carbons (Fsp3) is 0.905. The quantitative estimate of drug-likeness (QED) is 0.472. The van der Waals surface area contributed by atoms with E-state index in [2.05, 4.69) is 33.9 Å². The zero-order chi connectivity index (χ0) is 21.9. The summed E-state index contributed by atoms with van der Waals surface area (Å²) in [4.78, 5) is 25.5. The fourth-order valence-electron chi connectivity index (χ4n) is 3.73. The van der Waals surface area contributed by atoms with Crippen molar-refractivity contribution in [1.82, 2.24) is 4.90 Å². The number of carboxylic acid groups (broad SMARTS) is 1. The molecule has 7 heteroatoms. The number of ether oxygens (including phenoxy) is 1. The van der Waals surface area contributed by atoms with Crippen LogP contribution in [0.3, 0.4) is 0 Å². The Kier molecular flexibility index (Phi) is 8.16. The van der Waals surface area contributed by atoms with E-state index in [9.17, 15) is 14.7 Å². The van der Waals surface area contributed by atoms with Gasteiger partial charge in [0.1, 0.15) is 6.04 Å². The number of esters is 1. The van der Waals surface area contributed by atoms with Gasteiger partial charge in [0.05, 0.1) is 7.11 Å². The molecule has 0 spiro atoms. The maximum absolute atomic E-state index is 12.4. The highest BCUT2D eigenvalue weighted by Gasteiger charge is 2.42. The minimum atomic E-state index is -1.79. The number of amides is 1. The number of hydrogen-bond acceptors (Lipinski definition) is 4. The van der Waals surface area contributed by atoms with Crippen LogP contribution in [0, 0.1) is 5.92 Å². The molecule has 0 bridgehead atoms. The number of carbonyl (C=O) groups is 2. The first-order valence-electron chi connectivity index (χ1n) is 10.4. The van der Waals surface area contributed by atoms with E-state index in [1.807, 2.05) is 0 Å². The molecule has 6 nitrogen and oxygen atoms in total. The SMILES string of the molecule is COC(=O)[C@H](CC1CCC(O[Si](C)(C)C(C)(C)C)CC1)N(C(=O)O)C(C)(C)C. The van der Waals surface area contributed by atoms with Crippen molar-refractivity contribution in [3.63, 3.8) is 0 Å². The topological polar surface area (TPSA) is 76.1 Å². The van der Waals surface area contributed by atoms with Crippen molar-refractivity contribution in [1.29, 1.82) is 0 Å². The molecule has 1 fully saturated rings. The molecular formula is C21H41NO5Si. The Balaban J connectivity index is 2.79. The van der Waals surface area contributed by atoms with Crippen molar-refractivity contribution < 1.29 is 23.9 Å². The van der Waals surface area contributed by atoms with E-state index < -0.39 is 32.0 Å². The van der Waals surface area contributed by atoms with Crippen LogP contribution in [-0.2, 0) is 14.0 Å². The largest absolute Gasteiger partial charge is 0.467 e. The molecule has 1 rings (SSSR count). The molecule has 1 atom stereocenters. The Hall–Kier alpha value is -1.08. The molecule has 0 aromatic carbocycles. The van der Waals surface area contributed by atoms with Crippen molar-refractivity contribution in [2.45, 2.75) is 109 Å². The number of nitrogens with zero attached hydrogens (tertiary/aromatic N) is 1. The second-order valence-corrected chi connectivity index (χ2v) is 15.4. The van der Waals surface area contributed by atoms with Crippen molar-refractivity contribution in [3.05, 3.63) is 0 Å². The molecule has 0 radical (unpaired) electrons. The third-order valence-corrected chi connectivity index (χ3v) is 10.9. The van der Waals surface area contributed by atoms with Crippen LogP contribution in [0.2, 0.25) is 18.1 Å². The van der Waals surface area contributed by atoms with Crippen molar-refractivity contribution in [2.24, 2.45) is 5.92 Å². The minimum absolute atomic E-state index is 0.189. The molecule has 0 aromatic rings. The zero-order valence-electron chi connectivity index (χ0n) is 19.3. The lowest BCUT2D eigenvalue weighted by atomic mass is 9.82. The first kappa shape index (κ1) is 25.0. The van der Waals surface area contributed by atoms with Gasteiger partial charge in [-0.25, -0.2) is 9.59 Å². The molecule has 0 saturated heterocycles. The smallest absolute Gasteiger partial charge is 0.408 e. The van der Waals surface area contributed by atoms with Crippen LogP contribution in [0.4, 0.5) is 4.79 Å². The number of carbonyl (C=O) groups excluding carboxylic acids is 1. The Morgan fingerprint density at radius 1 is 1.07 bits per heavy atom. The van der Waals surface area contributed by atoms with Gasteiger partial charge in [-0.05, 0) is 76.9 Å². The standard InChI is InChI=1S/C21H41NO5Si/c1-20(2,3)22(19(24)25)17(18(23)26-7)14-15-10-12-16(13-11-15)27-28(8,9)21(4,5)6/h15-17H,10-14H2,1-9H3,(H,24,25)/t15?,16?,17-/m0/s1. The molecule has 28 heavy (non-hydrogen) atoms. The summed E-state index contributed by atoms with van der Waals surface area (Å²) in [6.07, 6.45) is 3.52. The van der Waals surface area contributed by atoms with E-state index in [0.717, 1.165) is 25.7 Å². The van der Waals surface area contributed by atoms with Crippen molar-refractivity contribution in [2.75, 3.05) is 7.11 Å². The second-order valence-electron chi connectivity index (χ2n) is 10.6. The molecule has 0 heterocycles. The van der Waals surface area contributed by atoms with Gasteiger partial charge in [-0.15, -0.1) is 0 Å². The van der Waals surface area contributed by atoms with Crippen LogP contribution >= 0.6 is 0 Å². The summed E-state index contributed by atoms with van der Waals surface area (Å²) in [5.41, 5.74) is -0.673. The average molecular weight is 416 g/mol. The zero-order valence-corrected chi connectivity index (χ0v) is 20.3. The minimum Gasteiger partial charge on any atom is -0.467 e. The average Bonchev–Trinajstić information content (AvgIpc) is 2.52. The highest BCUT2D eigenvalue weighted by atomic mass is 28.4. The number of rotatable bonds is 6. The van der Waals surface area contributed by atoms with Crippen LogP contribution in [0.15, 0.2) is 0 Å². The van der Waals surface area contributed by atoms with Gasteiger partial charge in [0.2, 0.25) is 0 Å².